The van der Waals surface area contributed by atoms with Gasteiger partial charge in [-0.15, -0.1) is 0 Å². The van der Waals surface area contributed by atoms with Gasteiger partial charge in [0.15, 0.2) is 0 Å². The van der Waals surface area contributed by atoms with Gasteiger partial charge in [-0.25, -0.2) is 17.2 Å². The molecule has 1 aliphatic carbocycles. The molecule has 1 aliphatic rings. The van der Waals surface area contributed by atoms with Crippen LogP contribution in [0, 0.1) is 11.7 Å². The quantitative estimate of drug-likeness (QED) is 0.604. The van der Waals surface area contributed by atoms with E-state index in [4.69, 9.17) is 9.84 Å². The number of aliphatic carboxylic acids is 1. The molecule has 1 N–H and O–H groups in total. The molecule has 0 aliphatic heterocycles. The summed E-state index contributed by atoms with van der Waals surface area (Å²) in [5, 5.41) is 7.99. The highest BCUT2D eigenvalue weighted by Gasteiger charge is 2.23. The summed E-state index contributed by atoms with van der Waals surface area (Å²) in [5.41, 5.74) is 2.00. The predicted octanol–water partition coefficient (Wildman–Crippen LogP) is 5.81. The Labute approximate surface area is 187 Å². The number of carboxylic acid groups (broad SMARTS) is 1. The third-order valence-corrected chi connectivity index (χ3v) is 6.70. The van der Waals surface area contributed by atoms with Crippen LogP contribution >= 0.6 is 0 Å². The van der Waals surface area contributed by atoms with Crippen LogP contribution in [0.2, 0.25) is 0 Å². The molecule has 0 unspecified atom stereocenters. The van der Waals surface area contributed by atoms with Crippen molar-refractivity contribution < 1.29 is 31.8 Å². The molecule has 2 aromatic rings. The molecule has 2 aromatic carbocycles. The number of hydrogen-bond donors (Lipinski definition) is 1. The molecule has 0 saturated carbocycles. The molecule has 3 rings (SSSR count). The van der Waals surface area contributed by atoms with Crippen molar-refractivity contribution in [2.24, 2.45) is 5.92 Å². The number of sulfone groups is 1. The molecule has 0 atom stereocenters. The molecule has 0 radical (unpaired) electrons. The van der Waals surface area contributed by atoms with Crippen molar-refractivity contribution >= 4 is 21.4 Å². The van der Waals surface area contributed by atoms with Gasteiger partial charge in [0, 0.05) is 6.42 Å². The summed E-state index contributed by atoms with van der Waals surface area (Å²) >= 11 is 0. The van der Waals surface area contributed by atoms with E-state index in [0.29, 0.717) is 29.7 Å². The van der Waals surface area contributed by atoms with E-state index in [1.807, 2.05) is 6.92 Å². The number of rotatable bonds is 5. The Morgan fingerprint density at radius 1 is 1.06 bits per heavy atom. The fourth-order valence-corrected chi connectivity index (χ4v) is 4.20. The van der Waals surface area contributed by atoms with Gasteiger partial charge >= 0.3 is 5.97 Å². The molecule has 172 valence electrons. The molecular weight excluding hydrogens is 438 g/mol. The topological polar surface area (TPSA) is 80.7 Å². The number of halogens is 2. The Balaban J connectivity index is 0.000000534. The molecule has 32 heavy (non-hydrogen) atoms. The lowest BCUT2D eigenvalue weighted by molar-refractivity contribution is -0.140. The van der Waals surface area contributed by atoms with Crippen molar-refractivity contribution in [3.8, 4) is 5.75 Å². The van der Waals surface area contributed by atoms with Crippen LogP contribution in [0.15, 0.2) is 69.7 Å². The van der Waals surface area contributed by atoms with Crippen molar-refractivity contribution in [3.05, 3.63) is 71.3 Å². The normalized spacial score (nSPS) is 13.9. The van der Waals surface area contributed by atoms with E-state index in [0.717, 1.165) is 11.6 Å². The second-order valence-corrected chi connectivity index (χ2v) is 9.52. The van der Waals surface area contributed by atoms with Crippen LogP contribution in [0.4, 0.5) is 8.78 Å². The first-order valence-corrected chi connectivity index (χ1v) is 11.4. The minimum atomic E-state index is -4.00. The summed E-state index contributed by atoms with van der Waals surface area (Å²) in [6.45, 7) is 5.14. The maximum Gasteiger partial charge on any atom is 0.305 e. The van der Waals surface area contributed by atoms with Gasteiger partial charge in [0.1, 0.15) is 22.3 Å². The van der Waals surface area contributed by atoms with Crippen LogP contribution in [0.5, 0.6) is 5.75 Å². The van der Waals surface area contributed by atoms with Crippen molar-refractivity contribution in [1.29, 1.82) is 0 Å². The van der Waals surface area contributed by atoms with E-state index in [-0.39, 0.29) is 16.6 Å². The molecular formula is C24H26F2O5S. The van der Waals surface area contributed by atoms with Crippen LogP contribution in [0.1, 0.15) is 39.2 Å². The monoisotopic (exact) mass is 464 g/mol. The highest BCUT2D eigenvalue weighted by molar-refractivity contribution is 7.91. The molecule has 0 fully saturated rings. The number of allylic oxidation sites excluding steroid dienone is 4. The first kappa shape index (κ1) is 25.3. The Kier molecular flexibility index (Phi) is 8.32. The summed E-state index contributed by atoms with van der Waals surface area (Å²) in [4.78, 5) is 9.26. The summed E-state index contributed by atoms with van der Waals surface area (Å²) < 4.78 is 58.6. The summed E-state index contributed by atoms with van der Waals surface area (Å²) in [6.07, 6.45) is 2.28. The van der Waals surface area contributed by atoms with Crippen LogP contribution < -0.4 is 4.74 Å². The average molecular weight is 465 g/mol. The molecule has 8 heteroatoms. The smallest absolute Gasteiger partial charge is 0.305 e. The lowest BCUT2D eigenvalue weighted by Crippen LogP contribution is -2.05. The fourth-order valence-electron chi connectivity index (χ4n) is 2.89. The zero-order chi connectivity index (χ0) is 24.1. The second kappa shape index (κ2) is 10.5. The van der Waals surface area contributed by atoms with Gasteiger partial charge in [-0.05, 0) is 67.0 Å². The Bertz CT molecular complexity index is 1150. The van der Waals surface area contributed by atoms with Crippen molar-refractivity contribution in [3.63, 3.8) is 0 Å². The third-order valence-electron chi connectivity index (χ3n) is 4.90. The van der Waals surface area contributed by atoms with E-state index in [1.54, 1.807) is 13.8 Å². The standard InChI is InChI=1S/C20H18F2O3S.C4H8O2/c1-13-3-5-15(21)12-18(13)14-4-10-20(19(22)11-14)26(23,24)17-8-6-16(25-2)7-9-17;1-3(2)4(5)6/h4,6-12H,3,5H2,1-2H3;3H,1-2H3,(H,5,6). The van der Waals surface area contributed by atoms with E-state index in [9.17, 15) is 22.0 Å². The molecule has 0 spiro atoms. The highest BCUT2D eigenvalue weighted by atomic mass is 32.2. The SMILES string of the molecule is CC(C)C(=O)O.COc1ccc(S(=O)(=O)c2ccc(C3=C(C)CCC(F)=C3)cc2F)cc1. The Morgan fingerprint density at radius 3 is 2.16 bits per heavy atom. The highest BCUT2D eigenvalue weighted by Crippen LogP contribution is 2.33. The Morgan fingerprint density at radius 2 is 1.66 bits per heavy atom. The summed E-state index contributed by atoms with van der Waals surface area (Å²) in [6, 6.07) is 9.62. The van der Waals surface area contributed by atoms with E-state index in [1.165, 1.54) is 49.6 Å². The molecule has 0 aromatic heterocycles. The van der Waals surface area contributed by atoms with Gasteiger partial charge in [0.25, 0.3) is 0 Å². The second-order valence-electron chi connectivity index (χ2n) is 7.60. The van der Waals surface area contributed by atoms with Crippen LogP contribution in [0.3, 0.4) is 0 Å². The molecule has 0 heterocycles. The van der Waals surface area contributed by atoms with E-state index >= 15 is 0 Å². The fraction of sp³-hybridized carbons (Fsp3) is 0.292. The molecule has 0 saturated heterocycles. The maximum atomic E-state index is 14.6. The lowest BCUT2D eigenvalue weighted by Gasteiger charge is -2.15. The molecule has 5 nitrogen and oxygen atoms in total. The minimum absolute atomic E-state index is 0.0241. The predicted molar refractivity (Wildman–Crippen MR) is 118 cm³/mol. The zero-order valence-corrected chi connectivity index (χ0v) is 19.2. The maximum absolute atomic E-state index is 14.6. The van der Waals surface area contributed by atoms with Gasteiger partial charge in [0.2, 0.25) is 9.84 Å². The van der Waals surface area contributed by atoms with Crippen LogP contribution in [0.25, 0.3) is 5.57 Å². The van der Waals surface area contributed by atoms with Gasteiger partial charge in [-0.2, -0.15) is 0 Å². The van der Waals surface area contributed by atoms with Gasteiger partial charge in [0.05, 0.1) is 17.9 Å². The van der Waals surface area contributed by atoms with Gasteiger partial charge in [-0.3, -0.25) is 4.79 Å². The van der Waals surface area contributed by atoms with Crippen LogP contribution in [-0.4, -0.2) is 26.6 Å². The summed E-state index contributed by atoms with van der Waals surface area (Å²) in [5.74, 6) is -1.59. The van der Waals surface area contributed by atoms with Crippen molar-refractivity contribution in [2.75, 3.05) is 7.11 Å². The number of hydrogen-bond acceptors (Lipinski definition) is 4. The minimum Gasteiger partial charge on any atom is -0.497 e. The number of carboxylic acids is 1. The third kappa shape index (κ3) is 6.03. The van der Waals surface area contributed by atoms with Crippen LogP contribution in [-0.2, 0) is 14.6 Å². The number of benzene rings is 2. The average Bonchev–Trinajstić information content (AvgIpc) is 2.75. The number of ether oxygens (including phenoxy) is 1. The number of methoxy groups -OCH3 is 1. The number of carbonyl (C=O) groups is 1. The first-order valence-electron chi connectivity index (χ1n) is 9.95. The van der Waals surface area contributed by atoms with E-state index in [2.05, 4.69) is 0 Å². The molecule has 0 bridgehead atoms. The lowest BCUT2D eigenvalue weighted by atomic mass is 9.93. The van der Waals surface area contributed by atoms with Crippen molar-refractivity contribution in [1.82, 2.24) is 0 Å². The van der Waals surface area contributed by atoms with Gasteiger partial charge < -0.3 is 9.84 Å². The molecule has 0 amide bonds. The largest absolute Gasteiger partial charge is 0.497 e. The van der Waals surface area contributed by atoms with Crippen molar-refractivity contribution in [2.45, 2.75) is 43.4 Å². The van der Waals surface area contributed by atoms with Gasteiger partial charge in [-0.1, -0.05) is 25.5 Å². The zero-order valence-electron chi connectivity index (χ0n) is 18.4. The first-order chi connectivity index (χ1) is 15.0. The van der Waals surface area contributed by atoms with E-state index < -0.39 is 26.5 Å². The Hall–Kier alpha value is -3.00. The summed E-state index contributed by atoms with van der Waals surface area (Å²) in [7, 11) is -2.53.